The largest absolute Gasteiger partial charge is 0.243 e. The van der Waals surface area contributed by atoms with Crippen molar-refractivity contribution < 1.29 is 8.42 Å². The Hall–Kier alpha value is -1.65. The molecule has 0 radical (unpaired) electrons. The van der Waals surface area contributed by atoms with E-state index < -0.39 is 10.0 Å². The van der Waals surface area contributed by atoms with Crippen LogP contribution in [0.3, 0.4) is 0 Å². The number of nitrogens with zero attached hydrogens (tertiary/aromatic N) is 1. The molecule has 1 aliphatic carbocycles. The van der Waals surface area contributed by atoms with Crippen molar-refractivity contribution in [1.82, 2.24) is 4.31 Å². The third-order valence-corrected chi connectivity index (χ3v) is 7.26. The molecule has 2 aromatic rings. The summed E-state index contributed by atoms with van der Waals surface area (Å²) in [6.07, 6.45) is 1.11. The second-order valence-electron chi connectivity index (χ2n) is 6.81. The van der Waals surface area contributed by atoms with Gasteiger partial charge in [-0.05, 0) is 48.8 Å². The maximum atomic E-state index is 12.8. The van der Waals surface area contributed by atoms with Gasteiger partial charge in [-0.15, -0.1) is 0 Å². The molecule has 1 aliphatic heterocycles. The van der Waals surface area contributed by atoms with Crippen molar-refractivity contribution in [3.63, 3.8) is 0 Å². The molecule has 0 unspecified atom stereocenters. The first-order valence-corrected chi connectivity index (χ1v) is 9.61. The lowest BCUT2D eigenvalue weighted by molar-refractivity contribution is 0.191. The number of sulfonamides is 1. The number of rotatable bonds is 3. The second-order valence-corrected chi connectivity index (χ2v) is 8.75. The van der Waals surface area contributed by atoms with Crippen molar-refractivity contribution in [2.45, 2.75) is 24.2 Å². The fourth-order valence-corrected chi connectivity index (χ4v) is 5.54. The van der Waals surface area contributed by atoms with E-state index >= 15 is 0 Å². The summed E-state index contributed by atoms with van der Waals surface area (Å²) in [6.45, 7) is 3.29. The van der Waals surface area contributed by atoms with E-state index in [2.05, 4.69) is 24.3 Å². The van der Waals surface area contributed by atoms with E-state index in [0.29, 0.717) is 35.7 Å². The maximum Gasteiger partial charge on any atom is 0.243 e. The highest BCUT2D eigenvalue weighted by Gasteiger charge is 2.50. The molecular formula is C19H21NO2S. The van der Waals surface area contributed by atoms with Gasteiger partial charge in [-0.1, -0.05) is 48.0 Å². The molecule has 4 heteroatoms. The van der Waals surface area contributed by atoms with Crippen LogP contribution >= 0.6 is 0 Å². The summed E-state index contributed by atoms with van der Waals surface area (Å²) in [4.78, 5) is 0.417. The van der Waals surface area contributed by atoms with Gasteiger partial charge in [-0.25, -0.2) is 8.42 Å². The Bertz CT molecular complexity index is 799. The number of hydrogen-bond donors (Lipinski definition) is 0. The molecule has 0 amide bonds. The summed E-state index contributed by atoms with van der Waals surface area (Å²) in [5.74, 6) is 1.50. The van der Waals surface area contributed by atoms with Gasteiger partial charge in [0.25, 0.3) is 0 Å². The van der Waals surface area contributed by atoms with E-state index in [4.69, 9.17) is 0 Å². The number of fused-ring (bicyclic) bond motifs is 1. The predicted octanol–water partition coefficient (Wildman–Crippen LogP) is 3.42. The summed E-state index contributed by atoms with van der Waals surface area (Å²) in [6, 6.07) is 17.7. The Labute approximate surface area is 138 Å². The van der Waals surface area contributed by atoms with Gasteiger partial charge in [0.15, 0.2) is 0 Å². The van der Waals surface area contributed by atoms with Crippen molar-refractivity contribution in [3.05, 3.63) is 65.7 Å². The van der Waals surface area contributed by atoms with Gasteiger partial charge in [0.1, 0.15) is 0 Å². The van der Waals surface area contributed by atoms with Gasteiger partial charge < -0.3 is 0 Å². The quantitative estimate of drug-likeness (QED) is 0.866. The first kappa shape index (κ1) is 14.9. The summed E-state index contributed by atoms with van der Waals surface area (Å²) in [5, 5.41) is 0. The fourth-order valence-electron chi connectivity index (χ4n) is 4.00. The summed E-state index contributed by atoms with van der Waals surface area (Å²) < 4.78 is 27.4. The molecule has 120 valence electrons. The monoisotopic (exact) mass is 327 g/mol. The zero-order chi connectivity index (χ0) is 16.0. The van der Waals surface area contributed by atoms with E-state index in [1.807, 2.05) is 25.1 Å². The first-order chi connectivity index (χ1) is 11.1. The molecule has 1 saturated carbocycles. The zero-order valence-electron chi connectivity index (χ0n) is 13.2. The third kappa shape index (κ3) is 2.50. The maximum absolute atomic E-state index is 12.8. The molecule has 1 saturated heterocycles. The molecule has 3 nitrogen and oxygen atoms in total. The summed E-state index contributed by atoms with van der Waals surface area (Å²) in [7, 11) is -3.35. The highest BCUT2D eigenvalue weighted by Crippen LogP contribution is 2.52. The van der Waals surface area contributed by atoms with E-state index in [1.165, 1.54) is 5.56 Å². The molecule has 1 heterocycles. The van der Waals surface area contributed by atoms with Crippen LogP contribution in [0, 0.1) is 18.8 Å². The molecule has 0 bridgehead atoms. The molecule has 0 N–H and O–H groups in total. The average molecular weight is 327 g/mol. The lowest BCUT2D eigenvalue weighted by atomic mass is 9.64. The minimum Gasteiger partial charge on any atom is -0.207 e. The molecule has 2 fully saturated rings. The van der Waals surface area contributed by atoms with Crippen molar-refractivity contribution in [2.75, 3.05) is 13.1 Å². The number of benzene rings is 2. The average Bonchev–Trinajstić information content (AvgIpc) is 2.87. The molecular weight excluding hydrogens is 306 g/mol. The van der Waals surface area contributed by atoms with Crippen molar-refractivity contribution >= 4 is 10.0 Å². The Kier molecular flexibility index (Phi) is 3.54. The smallest absolute Gasteiger partial charge is 0.207 e. The molecule has 23 heavy (non-hydrogen) atoms. The number of hydrogen-bond acceptors (Lipinski definition) is 2. The molecule has 3 atom stereocenters. The van der Waals surface area contributed by atoms with E-state index in [0.717, 1.165) is 12.0 Å². The second kappa shape index (κ2) is 5.46. The van der Waals surface area contributed by atoms with Crippen LogP contribution < -0.4 is 0 Å². The van der Waals surface area contributed by atoms with Crippen LogP contribution in [-0.2, 0) is 10.0 Å². The minimum absolute atomic E-state index is 0.417. The normalized spacial score (nSPS) is 27.4. The van der Waals surface area contributed by atoms with Crippen LogP contribution in [0.2, 0.25) is 0 Å². The van der Waals surface area contributed by atoms with E-state index in [-0.39, 0.29) is 0 Å². The number of aryl methyl sites for hydroxylation is 1. The predicted molar refractivity (Wildman–Crippen MR) is 90.7 cm³/mol. The van der Waals surface area contributed by atoms with Crippen LogP contribution in [0.5, 0.6) is 0 Å². The van der Waals surface area contributed by atoms with Gasteiger partial charge in [0.05, 0.1) is 4.90 Å². The first-order valence-electron chi connectivity index (χ1n) is 8.17. The molecule has 2 aromatic carbocycles. The van der Waals surface area contributed by atoms with Crippen molar-refractivity contribution in [3.8, 4) is 0 Å². The third-order valence-electron chi connectivity index (χ3n) is 5.42. The van der Waals surface area contributed by atoms with Gasteiger partial charge >= 0.3 is 0 Å². The van der Waals surface area contributed by atoms with Crippen molar-refractivity contribution in [2.24, 2.45) is 11.8 Å². The highest BCUT2D eigenvalue weighted by atomic mass is 32.2. The lowest BCUT2D eigenvalue weighted by Crippen LogP contribution is -2.33. The van der Waals surface area contributed by atoms with Crippen molar-refractivity contribution in [1.29, 1.82) is 0 Å². The summed E-state index contributed by atoms with van der Waals surface area (Å²) in [5.41, 5.74) is 2.43. The lowest BCUT2D eigenvalue weighted by Gasteiger charge is -2.39. The van der Waals surface area contributed by atoms with Crippen LogP contribution in [0.4, 0.5) is 0 Å². The Balaban J connectivity index is 1.54. The Morgan fingerprint density at radius 1 is 0.957 bits per heavy atom. The molecule has 4 rings (SSSR count). The van der Waals surface area contributed by atoms with Gasteiger partial charge in [0, 0.05) is 13.1 Å². The zero-order valence-corrected chi connectivity index (χ0v) is 14.0. The van der Waals surface area contributed by atoms with Crippen LogP contribution in [-0.4, -0.2) is 25.8 Å². The minimum atomic E-state index is -3.35. The molecule has 0 spiro atoms. The standard InChI is InChI=1S/C19H21NO2S/c1-14-7-9-17(10-8-14)23(21,22)20-12-16-11-18(19(16)13-20)15-5-3-2-4-6-15/h2-10,16,18-19H,11-13H2,1H3/t16-,18-,19+/m0/s1. The van der Waals surface area contributed by atoms with Crippen LogP contribution in [0.15, 0.2) is 59.5 Å². The Morgan fingerprint density at radius 3 is 2.35 bits per heavy atom. The fraction of sp³-hybridized carbons (Fsp3) is 0.368. The van der Waals surface area contributed by atoms with E-state index in [1.54, 1.807) is 16.4 Å². The van der Waals surface area contributed by atoms with Gasteiger partial charge in [0.2, 0.25) is 10.0 Å². The van der Waals surface area contributed by atoms with Crippen LogP contribution in [0.1, 0.15) is 23.5 Å². The van der Waals surface area contributed by atoms with Gasteiger partial charge in [-0.2, -0.15) is 4.31 Å². The van der Waals surface area contributed by atoms with Gasteiger partial charge in [-0.3, -0.25) is 0 Å². The van der Waals surface area contributed by atoms with E-state index in [9.17, 15) is 8.42 Å². The highest BCUT2D eigenvalue weighted by molar-refractivity contribution is 7.89. The molecule has 2 aliphatic rings. The Morgan fingerprint density at radius 2 is 1.65 bits per heavy atom. The topological polar surface area (TPSA) is 37.4 Å². The SMILES string of the molecule is Cc1ccc(S(=O)(=O)N2C[C@@H]3C[C@@H](c4ccccc4)[C@@H]3C2)cc1. The molecule has 0 aromatic heterocycles. The summed E-state index contributed by atoms with van der Waals surface area (Å²) >= 11 is 0. The van der Waals surface area contributed by atoms with Crippen LogP contribution in [0.25, 0.3) is 0 Å².